The van der Waals surface area contributed by atoms with Crippen molar-refractivity contribution in [3.63, 3.8) is 0 Å². The van der Waals surface area contributed by atoms with E-state index in [-0.39, 0.29) is 12.6 Å². The molecule has 0 radical (unpaired) electrons. The van der Waals surface area contributed by atoms with Gasteiger partial charge in [0.25, 0.3) is 0 Å². The Bertz CT molecular complexity index is 617. The molecular weight excluding hydrogens is 328 g/mol. The molecule has 1 unspecified atom stereocenters. The van der Waals surface area contributed by atoms with Crippen molar-refractivity contribution in [1.82, 2.24) is 0 Å². The topological polar surface area (TPSA) is 35.2 Å². The van der Waals surface area contributed by atoms with Crippen molar-refractivity contribution in [2.75, 3.05) is 0 Å². The summed E-state index contributed by atoms with van der Waals surface area (Å²) in [5.41, 5.74) is 7.29. The van der Waals surface area contributed by atoms with E-state index in [1.807, 2.05) is 19.1 Å². The summed E-state index contributed by atoms with van der Waals surface area (Å²) >= 11 is 3.38. The highest BCUT2D eigenvalue weighted by Gasteiger charge is 2.10. The van der Waals surface area contributed by atoms with E-state index in [2.05, 4.69) is 15.9 Å². The molecule has 20 heavy (non-hydrogen) atoms. The minimum Gasteiger partial charge on any atom is -0.489 e. The molecule has 2 aromatic rings. The van der Waals surface area contributed by atoms with Gasteiger partial charge < -0.3 is 10.5 Å². The molecule has 5 heteroatoms. The first-order chi connectivity index (χ1) is 9.47. The summed E-state index contributed by atoms with van der Waals surface area (Å²) in [5, 5.41) is 0. The van der Waals surface area contributed by atoms with E-state index < -0.39 is 11.6 Å². The lowest BCUT2D eigenvalue weighted by Gasteiger charge is -2.14. The van der Waals surface area contributed by atoms with Crippen LogP contribution in [0.15, 0.2) is 40.9 Å². The SMILES string of the molecule is CC(N)c1cc(Br)ccc1OCc1ccc(F)c(F)c1. The normalized spacial score (nSPS) is 12.2. The number of hydrogen-bond donors (Lipinski definition) is 1. The fraction of sp³-hybridized carbons (Fsp3) is 0.200. The van der Waals surface area contributed by atoms with Crippen LogP contribution in [0.25, 0.3) is 0 Å². The van der Waals surface area contributed by atoms with Crippen molar-refractivity contribution in [2.24, 2.45) is 5.73 Å². The number of ether oxygens (including phenoxy) is 1. The molecule has 0 saturated carbocycles. The predicted molar refractivity (Wildman–Crippen MR) is 77.4 cm³/mol. The Morgan fingerprint density at radius 1 is 1.15 bits per heavy atom. The predicted octanol–water partition coefficient (Wildman–Crippen LogP) is 4.33. The van der Waals surface area contributed by atoms with E-state index in [9.17, 15) is 8.78 Å². The first kappa shape index (κ1) is 14.9. The van der Waals surface area contributed by atoms with E-state index in [4.69, 9.17) is 10.5 Å². The van der Waals surface area contributed by atoms with Crippen LogP contribution in [0.2, 0.25) is 0 Å². The Balaban J connectivity index is 2.16. The molecule has 2 rings (SSSR count). The van der Waals surface area contributed by atoms with Crippen LogP contribution in [0.1, 0.15) is 24.1 Å². The van der Waals surface area contributed by atoms with Gasteiger partial charge in [0, 0.05) is 16.1 Å². The average molecular weight is 342 g/mol. The van der Waals surface area contributed by atoms with Crippen molar-refractivity contribution >= 4 is 15.9 Å². The Hall–Kier alpha value is -1.46. The van der Waals surface area contributed by atoms with Crippen LogP contribution in [0.3, 0.4) is 0 Å². The maximum absolute atomic E-state index is 13.1. The van der Waals surface area contributed by atoms with E-state index in [1.54, 1.807) is 6.07 Å². The third-order valence-electron chi connectivity index (χ3n) is 2.84. The van der Waals surface area contributed by atoms with Gasteiger partial charge in [-0.3, -0.25) is 0 Å². The van der Waals surface area contributed by atoms with Crippen LogP contribution in [-0.4, -0.2) is 0 Å². The highest BCUT2D eigenvalue weighted by atomic mass is 79.9. The summed E-state index contributed by atoms with van der Waals surface area (Å²) in [5.74, 6) is -1.11. The quantitative estimate of drug-likeness (QED) is 0.898. The Labute approximate surface area is 124 Å². The molecule has 2 aromatic carbocycles. The Morgan fingerprint density at radius 2 is 1.90 bits per heavy atom. The summed E-state index contributed by atoms with van der Waals surface area (Å²) in [7, 11) is 0. The molecule has 0 amide bonds. The van der Waals surface area contributed by atoms with E-state index in [1.165, 1.54) is 6.07 Å². The van der Waals surface area contributed by atoms with Gasteiger partial charge in [-0.05, 0) is 42.8 Å². The zero-order valence-corrected chi connectivity index (χ0v) is 12.5. The van der Waals surface area contributed by atoms with Gasteiger partial charge in [-0.15, -0.1) is 0 Å². The highest BCUT2D eigenvalue weighted by molar-refractivity contribution is 9.10. The maximum atomic E-state index is 13.1. The zero-order valence-electron chi connectivity index (χ0n) is 10.9. The summed E-state index contributed by atoms with van der Waals surface area (Å²) in [6.45, 7) is 2.00. The number of halogens is 3. The first-order valence-electron chi connectivity index (χ1n) is 6.09. The first-order valence-corrected chi connectivity index (χ1v) is 6.88. The molecule has 0 fully saturated rings. The second-order valence-electron chi connectivity index (χ2n) is 4.51. The van der Waals surface area contributed by atoms with Gasteiger partial charge >= 0.3 is 0 Å². The maximum Gasteiger partial charge on any atom is 0.159 e. The molecule has 2 nitrogen and oxygen atoms in total. The second kappa shape index (κ2) is 6.33. The molecule has 0 aliphatic rings. The minimum atomic E-state index is -0.880. The highest BCUT2D eigenvalue weighted by Crippen LogP contribution is 2.28. The molecule has 2 N–H and O–H groups in total. The van der Waals surface area contributed by atoms with Crippen molar-refractivity contribution < 1.29 is 13.5 Å². The summed E-state index contributed by atoms with van der Waals surface area (Å²) < 4.78 is 32.5. The lowest BCUT2D eigenvalue weighted by molar-refractivity contribution is 0.300. The third-order valence-corrected chi connectivity index (χ3v) is 3.33. The Kier molecular flexibility index (Phi) is 4.73. The van der Waals surface area contributed by atoms with Crippen LogP contribution < -0.4 is 10.5 Å². The summed E-state index contributed by atoms with van der Waals surface area (Å²) in [6, 6.07) is 9.03. The molecule has 0 bridgehead atoms. The van der Waals surface area contributed by atoms with Crippen molar-refractivity contribution in [3.05, 3.63) is 63.6 Å². The van der Waals surface area contributed by atoms with Crippen molar-refractivity contribution in [2.45, 2.75) is 19.6 Å². The van der Waals surface area contributed by atoms with E-state index >= 15 is 0 Å². The van der Waals surface area contributed by atoms with Gasteiger partial charge in [0.15, 0.2) is 11.6 Å². The smallest absolute Gasteiger partial charge is 0.159 e. The zero-order chi connectivity index (χ0) is 14.7. The fourth-order valence-electron chi connectivity index (χ4n) is 1.80. The van der Waals surface area contributed by atoms with E-state index in [0.717, 1.165) is 22.2 Å². The van der Waals surface area contributed by atoms with Gasteiger partial charge in [-0.1, -0.05) is 22.0 Å². The minimum absolute atomic E-state index is 0.151. The third kappa shape index (κ3) is 3.55. The van der Waals surface area contributed by atoms with Crippen LogP contribution in [0.5, 0.6) is 5.75 Å². The second-order valence-corrected chi connectivity index (χ2v) is 5.42. The van der Waals surface area contributed by atoms with Crippen molar-refractivity contribution in [1.29, 1.82) is 0 Å². The molecular formula is C15H14BrF2NO. The molecule has 0 aliphatic carbocycles. The molecule has 0 heterocycles. The van der Waals surface area contributed by atoms with Crippen molar-refractivity contribution in [3.8, 4) is 5.75 Å². The fourth-order valence-corrected chi connectivity index (χ4v) is 2.18. The standard InChI is InChI=1S/C15H14BrF2NO/c1-9(19)12-7-11(16)3-5-15(12)20-8-10-2-4-13(17)14(18)6-10/h2-7,9H,8,19H2,1H3. The summed E-state index contributed by atoms with van der Waals surface area (Å²) in [6.07, 6.45) is 0. The average Bonchev–Trinajstić information content (AvgIpc) is 2.41. The molecule has 0 aromatic heterocycles. The monoisotopic (exact) mass is 341 g/mol. The largest absolute Gasteiger partial charge is 0.489 e. The Morgan fingerprint density at radius 3 is 2.55 bits per heavy atom. The van der Waals surface area contributed by atoms with Crippen LogP contribution in [-0.2, 0) is 6.61 Å². The van der Waals surface area contributed by atoms with Crippen LogP contribution in [0, 0.1) is 11.6 Å². The molecule has 0 saturated heterocycles. The van der Waals surface area contributed by atoms with Gasteiger partial charge in [0.2, 0.25) is 0 Å². The number of hydrogen-bond acceptors (Lipinski definition) is 2. The van der Waals surface area contributed by atoms with Crippen LogP contribution in [0.4, 0.5) is 8.78 Å². The molecule has 106 valence electrons. The molecule has 1 atom stereocenters. The van der Waals surface area contributed by atoms with Crippen LogP contribution >= 0.6 is 15.9 Å². The number of benzene rings is 2. The molecule has 0 spiro atoms. The summed E-state index contributed by atoms with van der Waals surface area (Å²) in [4.78, 5) is 0. The lowest BCUT2D eigenvalue weighted by Crippen LogP contribution is -2.08. The van der Waals surface area contributed by atoms with Gasteiger partial charge in [-0.25, -0.2) is 8.78 Å². The number of nitrogens with two attached hydrogens (primary N) is 1. The number of rotatable bonds is 4. The lowest BCUT2D eigenvalue weighted by atomic mass is 10.1. The van der Waals surface area contributed by atoms with Gasteiger partial charge in [0.1, 0.15) is 12.4 Å². The van der Waals surface area contributed by atoms with Gasteiger partial charge in [-0.2, -0.15) is 0 Å². The van der Waals surface area contributed by atoms with Gasteiger partial charge in [0.05, 0.1) is 0 Å². The molecule has 0 aliphatic heterocycles. The van der Waals surface area contributed by atoms with E-state index in [0.29, 0.717) is 11.3 Å².